The molecule has 1 aliphatic rings. The molecule has 1 amide bonds. The van der Waals surface area contributed by atoms with Crippen LogP contribution in [0.25, 0.3) is 5.69 Å². The van der Waals surface area contributed by atoms with Gasteiger partial charge in [0.25, 0.3) is 5.91 Å². The van der Waals surface area contributed by atoms with E-state index >= 15 is 0 Å². The summed E-state index contributed by atoms with van der Waals surface area (Å²) in [5.74, 6) is 0.556. The fourth-order valence-electron chi connectivity index (χ4n) is 2.61. The summed E-state index contributed by atoms with van der Waals surface area (Å²) in [5.41, 5.74) is 0.772. The van der Waals surface area contributed by atoms with E-state index < -0.39 is 0 Å². The lowest BCUT2D eigenvalue weighted by atomic mass is 10.2. The van der Waals surface area contributed by atoms with Crippen LogP contribution in [0.4, 0.5) is 0 Å². The highest BCUT2D eigenvalue weighted by atomic mass is 16.5. The number of benzene rings is 1. The van der Waals surface area contributed by atoms with Gasteiger partial charge in [-0.3, -0.25) is 4.79 Å². The Morgan fingerprint density at radius 3 is 2.83 bits per heavy atom. The molecule has 23 heavy (non-hydrogen) atoms. The van der Waals surface area contributed by atoms with Crippen molar-refractivity contribution in [3.8, 4) is 11.4 Å². The van der Waals surface area contributed by atoms with Crippen molar-refractivity contribution < 1.29 is 14.3 Å². The molecule has 0 unspecified atom stereocenters. The maximum atomic E-state index is 12.3. The van der Waals surface area contributed by atoms with Gasteiger partial charge in [-0.05, 0) is 36.4 Å². The van der Waals surface area contributed by atoms with Gasteiger partial charge in [-0.15, -0.1) is 5.10 Å². The van der Waals surface area contributed by atoms with Crippen LogP contribution in [0, 0.1) is 0 Å². The van der Waals surface area contributed by atoms with Crippen molar-refractivity contribution in [3.63, 3.8) is 0 Å². The summed E-state index contributed by atoms with van der Waals surface area (Å²) in [4.78, 5) is 14.1. The zero-order valence-corrected chi connectivity index (χ0v) is 13.1. The minimum atomic E-state index is -0.0418. The Morgan fingerprint density at radius 1 is 1.35 bits per heavy atom. The Bertz CT molecular complexity index is 651. The van der Waals surface area contributed by atoms with Crippen LogP contribution in [0.2, 0.25) is 0 Å². The van der Waals surface area contributed by atoms with Crippen LogP contribution in [0.5, 0.6) is 5.75 Å². The van der Waals surface area contributed by atoms with Crippen molar-refractivity contribution in [3.05, 3.63) is 30.6 Å². The zero-order valence-electron chi connectivity index (χ0n) is 13.1. The Morgan fingerprint density at radius 2 is 2.13 bits per heavy atom. The molecule has 1 fully saturated rings. The van der Waals surface area contributed by atoms with Gasteiger partial charge >= 0.3 is 0 Å². The number of amides is 1. The first-order valence-corrected chi connectivity index (χ1v) is 7.51. The number of morpholine rings is 1. The monoisotopic (exact) mass is 317 g/mol. The van der Waals surface area contributed by atoms with Crippen LogP contribution in [0.1, 0.15) is 13.8 Å². The van der Waals surface area contributed by atoms with Gasteiger partial charge in [0, 0.05) is 19.2 Å². The molecule has 8 heteroatoms. The van der Waals surface area contributed by atoms with E-state index in [1.807, 2.05) is 26.0 Å². The smallest absolute Gasteiger partial charge is 0.260 e. The topological polar surface area (TPSA) is 82.4 Å². The summed E-state index contributed by atoms with van der Waals surface area (Å²) >= 11 is 0. The van der Waals surface area contributed by atoms with Gasteiger partial charge in [-0.25, -0.2) is 4.68 Å². The Labute approximate surface area is 134 Å². The highest BCUT2D eigenvalue weighted by molar-refractivity contribution is 5.78. The van der Waals surface area contributed by atoms with Crippen molar-refractivity contribution in [2.24, 2.45) is 0 Å². The molecule has 0 bridgehead atoms. The number of aromatic nitrogens is 4. The van der Waals surface area contributed by atoms with Crippen molar-refractivity contribution in [2.75, 3.05) is 19.7 Å². The quantitative estimate of drug-likeness (QED) is 0.824. The minimum absolute atomic E-state index is 0.00149. The Kier molecular flexibility index (Phi) is 4.52. The fraction of sp³-hybridized carbons (Fsp3) is 0.467. The predicted molar refractivity (Wildman–Crippen MR) is 81.2 cm³/mol. The van der Waals surface area contributed by atoms with Gasteiger partial charge in [0.05, 0.1) is 17.9 Å². The third-order valence-electron chi connectivity index (χ3n) is 3.57. The van der Waals surface area contributed by atoms with Gasteiger partial charge in [0.1, 0.15) is 12.1 Å². The van der Waals surface area contributed by atoms with Gasteiger partial charge < -0.3 is 14.4 Å². The molecule has 2 aromatic rings. The molecule has 0 saturated carbocycles. The van der Waals surface area contributed by atoms with E-state index in [2.05, 4.69) is 15.5 Å². The molecule has 1 aliphatic heterocycles. The molecule has 0 N–H and O–H groups in total. The third kappa shape index (κ3) is 3.84. The van der Waals surface area contributed by atoms with Crippen molar-refractivity contribution in [2.45, 2.75) is 26.1 Å². The molecule has 1 aromatic carbocycles. The van der Waals surface area contributed by atoms with Crippen LogP contribution in [-0.2, 0) is 9.53 Å². The number of carbonyl (C=O) groups excluding carboxylic acids is 1. The van der Waals surface area contributed by atoms with Crippen LogP contribution >= 0.6 is 0 Å². The van der Waals surface area contributed by atoms with Crippen LogP contribution in [0.15, 0.2) is 30.6 Å². The normalized spacial score (nSPS) is 21.2. The summed E-state index contributed by atoms with van der Waals surface area (Å²) in [5, 5.41) is 11.0. The van der Waals surface area contributed by atoms with Crippen molar-refractivity contribution in [1.29, 1.82) is 0 Å². The Hall–Kier alpha value is -2.48. The number of nitrogens with zero attached hydrogens (tertiary/aromatic N) is 5. The standard InChI is InChI=1S/C15H19N5O3/c1-11-7-19(8-12(2)23-11)15(21)9-22-14-5-3-4-13(6-14)20-10-16-17-18-20/h3-6,10-12H,7-9H2,1-2H3/t11-,12+. The van der Waals surface area contributed by atoms with Crippen LogP contribution in [-0.4, -0.2) is 62.9 Å². The number of hydrogen-bond donors (Lipinski definition) is 0. The molecular weight excluding hydrogens is 298 g/mol. The molecule has 0 aliphatic carbocycles. The number of tetrazole rings is 1. The van der Waals surface area contributed by atoms with Crippen molar-refractivity contribution >= 4 is 5.91 Å². The van der Waals surface area contributed by atoms with E-state index in [0.29, 0.717) is 18.8 Å². The molecule has 122 valence electrons. The van der Waals surface area contributed by atoms with Gasteiger partial charge in [-0.1, -0.05) is 6.07 Å². The molecule has 2 atom stereocenters. The number of rotatable bonds is 4. The lowest BCUT2D eigenvalue weighted by molar-refractivity contribution is -0.145. The SMILES string of the molecule is C[C@@H]1CN(C(=O)COc2cccc(-n3cnnn3)c2)C[C@H](C)O1. The number of ether oxygens (including phenoxy) is 2. The van der Waals surface area contributed by atoms with E-state index in [1.165, 1.54) is 11.0 Å². The summed E-state index contributed by atoms with van der Waals surface area (Å²) in [6.07, 6.45) is 1.59. The second-order valence-electron chi connectivity index (χ2n) is 5.60. The predicted octanol–water partition coefficient (Wildman–Crippen LogP) is 0.677. The van der Waals surface area contributed by atoms with Gasteiger partial charge in [0.2, 0.25) is 0 Å². The largest absolute Gasteiger partial charge is 0.484 e. The summed E-state index contributed by atoms with van der Waals surface area (Å²) in [6, 6.07) is 7.27. The molecule has 3 rings (SSSR count). The second-order valence-corrected chi connectivity index (χ2v) is 5.60. The van der Waals surface area contributed by atoms with Crippen molar-refractivity contribution in [1.82, 2.24) is 25.1 Å². The number of hydrogen-bond acceptors (Lipinski definition) is 6. The van der Waals surface area contributed by atoms with Crippen LogP contribution < -0.4 is 4.74 Å². The van der Waals surface area contributed by atoms with E-state index in [1.54, 1.807) is 17.0 Å². The second kappa shape index (κ2) is 6.74. The summed E-state index contributed by atoms with van der Waals surface area (Å²) in [6.45, 7) is 5.12. The minimum Gasteiger partial charge on any atom is -0.484 e. The maximum absolute atomic E-state index is 12.3. The highest BCUT2D eigenvalue weighted by Crippen LogP contribution is 2.16. The molecule has 1 saturated heterocycles. The number of carbonyl (C=O) groups is 1. The first-order chi connectivity index (χ1) is 11.1. The first kappa shape index (κ1) is 15.4. The van der Waals surface area contributed by atoms with E-state index in [4.69, 9.17) is 9.47 Å². The molecule has 0 spiro atoms. The van der Waals surface area contributed by atoms with Crippen LogP contribution in [0.3, 0.4) is 0 Å². The van der Waals surface area contributed by atoms with E-state index in [0.717, 1.165) is 5.69 Å². The Balaban J connectivity index is 1.60. The lowest BCUT2D eigenvalue weighted by Crippen LogP contribution is -2.49. The molecule has 1 aromatic heterocycles. The molecule has 8 nitrogen and oxygen atoms in total. The summed E-state index contributed by atoms with van der Waals surface area (Å²) < 4.78 is 12.8. The lowest BCUT2D eigenvalue weighted by Gasteiger charge is -2.35. The highest BCUT2D eigenvalue weighted by Gasteiger charge is 2.25. The van der Waals surface area contributed by atoms with E-state index in [9.17, 15) is 4.79 Å². The van der Waals surface area contributed by atoms with E-state index in [-0.39, 0.29) is 24.7 Å². The zero-order chi connectivity index (χ0) is 16.2. The molecule has 0 radical (unpaired) electrons. The third-order valence-corrected chi connectivity index (χ3v) is 3.57. The van der Waals surface area contributed by atoms with Gasteiger partial charge in [-0.2, -0.15) is 0 Å². The maximum Gasteiger partial charge on any atom is 0.260 e. The fourth-order valence-corrected chi connectivity index (χ4v) is 2.61. The molecule has 2 heterocycles. The molecular formula is C15H19N5O3. The average molecular weight is 317 g/mol. The first-order valence-electron chi connectivity index (χ1n) is 7.51. The summed E-state index contributed by atoms with van der Waals surface area (Å²) in [7, 11) is 0. The van der Waals surface area contributed by atoms with Gasteiger partial charge in [0.15, 0.2) is 6.61 Å². The average Bonchev–Trinajstić information content (AvgIpc) is 3.06.